The average molecular weight is 280 g/mol. The van der Waals surface area contributed by atoms with E-state index in [4.69, 9.17) is 0 Å². The van der Waals surface area contributed by atoms with E-state index in [1.165, 1.54) is 0 Å². The summed E-state index contributed by atoms with van der Waals surface area (Å²) in [6.07, 6.45) is 1.69. The van der Waals surface area contributed by atoms with Gasteiger partial charge in [-0.15, -0.1) is 5.10 Å². The van der Waals surface area contributed by atoms with Crippen LogP contribution in [-0.2, 0) is 5.75 Å². The Hall–Kier alpha value is -1.47. The van der Waals surface area contributed by atoms with Gasteiger partial charge in [-0.1, -0.05) is 11.4 Å². The highest BCUT2D eigenvalue weighted by molar-refractivity contribution is 7.98. The quantitative estimate of drug-likeness (QED) is 0.911. The number of thioether (sulfide) groups is 1. The molecule has 2 rings (SSSR count). The summed E-state index contributed by atoms with van der Waals surface area (Å²) in [5.74, 6) is 2.24. The van der Waals surface area contributed by atoms with Gasteiger partial charge in [0.2, 0.25) is 0 Å². The van der Waals surface area contributed by atoms with Crippen molar-refractivity contribution in [2.45, 2.75) is 12.7 Å². The Bertz CT molecular complexity index is 516. The van der Waals surface area contributed by atoms with Gasteiger partial charge in [-0.2, -0.15) is 11.8 Å². The zero-order chi connectivity index (χ0) is 12.8. The molecule has 7 heteroatoms. The van der Waals surface area contributed by atoms with Crippen molar-refractivity contribution in [1.29, 1.82) is 0 Å². The summed E-state index contributed by atoms with van der Waals surface area (Å²) < 4.78 is 3.65. The standard InChI is InChI=1S/C11H12N4OS2/c1-2-17-6-8-3-4-12-10(5-8)13-11(16)9-7-18-15-14-9/h3-5,7H,2,6H2,1H3,(H,12,13,16). The van der Waals surface area contributed by atoms with Crippen molar-refractivity contribution in [2.75, 3.05) is 11.1 Å². The molecule has 2 aromatic heterocycles. The van der Waals surface area contributed by atoms with Gasteiger partial charge >= 0.3 is 0 Å². The highest BCUT2D eigenvalue weighted by Crippen LogP contribution is 2.14. The molecule has 0 saturated carbocycles. The molecule has 0 aromatic carbocycles. The maximum Gasteiger partial charge on any atom is 0.278 e. The fourth-order valence-electron chi connectivity index (χ4n) is 1.30. The lowest BCUT2D eigenvalue weighted by atomic mass is 10.3. The van der Waals surface area contributed by atoms with Crippen molar-refractivity contribution in [1.82, 2.24) is 14.6 Å². The molecule has 0 aliphatic rings. The van der Waals surface area contributed by atoms with Crippen molar-refractivity contribution in [3.8, 4) is 0 Å². The fraction of sp³-hybridized carbons (Fsp3) is 0.273. The summed E-state index contributed by atoms with van der Waals surface area (Å²) >= 11 is 2.97. The van der Waals surface area contributed by atoms with Gasteiger partial charge in [0.15, 0.2) is 5.69 Å². The molecule has 5 nitrogen and oxygen atoms in total. The van der Waals surface area contributed by atoms with E-state index in [0.29, 0.717) is 11.5 Å². The van der Waals surface area contributed by atoms with E-state index in [0.717, 1.165) is 28.6 Å². The van der Waals surface area contributed by atoms with Crippen LogP contribution >= 0.6 is 23.3 Å². The van der Waals surface area contributed by atoms with Crippen LogP contribution in [0.3, 0.4) is 0 Å². The SMILES string of the molecule is CCSCc1ccnc(NC(=O)c2csnn2)c1. The molecule has 0 atom stereocenters. The Labute approximate surface area is 113 Å². The zero-order valence-corrected chi connectivity index (χ0v) is 11.4. The van der Waals surface area contributed by atoms with Gasteiger partial charge in [0.25, 0.3) is 5.91 Å². The molecule has 1 N–H and O–H groups in total. The molecule has 0 saturated heterocycles. The number of carbonyl (C=O) groups is 1. The Morgan fingerprint density at radius 1 is 1.56 bits per heavy atom. The van der Waals surface area contributed by atoms with Crippen LogP contribution < -0.4 is 5.32 Å². The molecule has 0 aliphatic heterocycles. The smallest absolute Gasteiger partial charge is 0.278 e. The Kier molecular flexibility index (Phi) is 4.66. The third kappa shape index (κ3) is 3.51. The van der Waals surface area contributed by atoms with Crippen molar-refractivity contribution in [3.05, 3.63) is 35.0 Å². The average Bonchev–Trinajstić information content (AvgIpc) is 2.91. The molecule has 0 unspecified atom stereocenters. The van der Waals surface area contributed by atoms with Crippen LogP contribution in [0.2, 0.25) is 0 Å². The van der Waals surface area contributed by atoms with Gasteiger partial charge in [-0.05, 0) is 35.0 Å². The van der Waals surface area contributed by atoms with Crippen LogP contribution in [0.5, 0.6) is 0 Å². The largest absolute Gasteiger partial charge is 0.305 e. The molecule has 0 fully saturated rings. The van der Waals surface area contributed by atoms with Crippen molar-refractivity contribution in [2.24, 2.45) is 0 Å². The molecule has 0 bridgehead atoms. The molecule has 0 aliphatic carbocycles. The summed E-state index contributed by atoms with van der Waals surface area (Å²) in [6.45, 7) is 2.11. The minimum Gasteiger partial charge on any atom is -0.305 e. The minimum atomic E-state index is -0.281. The molecule has 2 heterocycles. The number of rotatable bonds is 5. The topological polar surface area (TPSA) is 67.8 Å². The molecule has 18 heavy (non-hydrogen) atoms. The molecule has 2 aromatic rings. The minimum absolute atomic E-state index is 0.281. The van der Waals surface area contributed by atoms with Gasteiger partial charge in [-0.3, -0.25) is 4.79 Å². The molecular weight excluding hydrogens is 268 g/mol. The summed E-state index contributed by atoms with van der Waals surface area (Å²) in [6, 6.07) is 3.82. The second-order valence-corrected chi connectivity index (χ2v) is 5.31. The van der Waals surface area contributed by atoms with E-state index in [1.807, 2.05) is 23.9 Å². The summed E-state index contributed by atoms with van der Waals surface area (Å²) in [4.78, 5) is 15.9. The van der Waals surface area contributed by atoms with Crippen LogP contribution in [0, 0.1) is 0 Å². The molecule has 94 valence electrons. The van der Waals surface area contributed by atoms with Crippen molar-refractivity contribution in [3.63, 3.8) is 0 Å². The highest BCUT2D eigenvalue weighted by Gasteiger charge is 2.09. The molecule has 0 radical (unpaired) electrons. The lowest BCUT2D eigenvalue weighted by molar-refractivity contribution is 0.102. The van der Waals surface area contributed by atoms with Crippen molar-refractivity contribution >= 4 is 35.0 Å². The Morgan fingerprint density at radius 2 is 2.44 bits per heavy atom. The highest BCUT2D eigenvalue weighted by atomic mass is 32.2. The van der Waals surface area contributed by atoms with Crippen LogP contribution in [-0.4, -0.2) is 26.2 Å². The second-order valence-electron chi connectivity index (χ2n) is 3.43. The molecule has 0 spiro atoms. The number of nitrogens with one attached hydrogen (secondary N) is 1. The Morgan fingerprint density at radius 3 is 3.17 bits per heavy atom. The van der Waals surface area contributed by atoms with E-state index in [9.17, 15) is 4.79 Å². The summed E-state index contributed by atoms with van der Waals surface area (Å²) in [5, 5.41) is 8.02. The van der Waals surface area contributed by atoms with E-state index in [2.05, 4.69) is 26.8 Å². The first-order valence-electron chi connectivity index (χ1n) is 5.40. The number of pyridine rings is 1. The van der Waals surface area contributed by atoms with Crippen LogP contribution in [0.15, 0.2) is 23.7 Å². The lowest BCUT2D eigenvalue weighted by Crippen LogP contribution is -2.13. The first kappa shape index (κ1) is 13.0. The van der Waals surface area contributed by atoms with Gasteiger partial charge in [0.05, 0.1) is 0 Å². The van der Waals surface area contributed by atoms with Gasteiger partial charge in [0, 0.05) is 17.3 Å². The van der Waals surface area contributed by atoms with Crippen LogP contribution in [0.1, 0.15) is 23.0 Å². The van der Waals surface area contributed by atoms with Gasteiger partial charge in [-0.25, -0.2) is 4.98 Å². The Balaban J connectivity index is 2.03. The van der Waals surface area contributed by atoms with Crippen molar-refractivity contribution < 1.29 is 4.79 Å². The van der Waals surface area contributed by atoms with Crippen LogP contribution in [0.25, 0.3) is 0 Å². The number of nitrogens with zero attached hydrogens (tertiary/aromatic N) is 3. The number of hydrogen-bond donors (Lipinski definition) is 1. The third-order valence-corrected chi connectivity index (χ3v) is 3.58. The van der Waals surface area contributed by atoms with E-state index >= 15 is 0 Å². The fourth-order valence-corrected chi connectivity index (χ4v) is 2.35. The predicted molar refractivity (Wildman–Crippen MR) is 73.9 cm³/mol. The predicted octanol–water partition coefficient (Wildman–Crippen LogP) is 2.44. The van der Waals surface area contributed by atoms with E-state index in [1.54, 1.807) is 11.6 Å². The maximum absolute atomic E-state index is 11.7. The number of carbonyl (C=O) groups excluding carboxylic acids is 1. The monoisotopic (exact) mass is 280 g/mol. The number of amides is 1. The second kappa shape index (κ2) is 6.46. The third-order valence-electron chi connectivity index (χ3n) is 2.13. The number of anilines is 1. The molecular formula is C11H12N4OS2. The van der Waals surface area contributed by atoms with E-state index in [-0.39, 0.29) is 5.91 Å². The van der Waals surface area contributed by atoms with Gasteiger partial charge in [0.1, 0.15) is 5.82 Å². The molecule has 1 amide bonds. The van der Waals surface area contributed by atoms with Crippen LogP contribution in [0.4, 0.5) is 5.82 Å². The summed E-state index contributed by atoms with van der Waals surface area (Å²) in [7, 11) is 0. The maximum atomic E-state index is 11.7. The zero-order valence-electron chi connectivity index (χ0n) is 9.79. The van der Waals surface area contributed by atoms with Gasteiger partial charge < -0.3 is 5.32 Å². The van der Waals surface area contributed by atoms with E-state index < -0.39 is 0 Å². The number of hydrogen-bond acceptors (Lipinski definition) is 6. The number of aromatic nitrogens is 3. The lowest BCUT2D eigenvalue weighted by Gasteiger charge is -2.04. The summed E-state index contributed by atoms with van der Waals surface area (Å²) in [5.41, 5.74) is 1.46. The normalized spacial score (nSPS) is 10.3. The first-order chi connectivity index (χ1) is 8.79. The first-order valence-corrected chi connectivity index (χ1v) is 7.40.